The van der Waals surface area contributed by atoms with Gasteiger partial charge in [0, 0.05) is 21.5 Å². The highest BCUT2D eigenvalue weighted by molar-refractivity contribution is 7.98. The van der Waals surface area contributed by atoms with Crippen LogP contribution in [0.5, 0.6) is 0 Å². The molecule has 0 atom stereocenters. The summed E-state index contributed by atoms with van der Waals surface area (Å²) in [5, 5.41) is 16.4. The van der Waals surface area contributed by atoms with E-state index in [9.17, 15) is 4.79 Å². The van der Waals surface area contributed by atoms with Crippen molar-refractivity contribution in [3.8, 4) is 5.69 Å². The van der Waals surface area contributed by atoms with Gasteiger partial charge >= 0.3 is 6.03 Å². The topological polar surface area (TPSA) is 71.8 Å². The molecule has 0 fully saturated rings. The van der Waals surface area contributed by atoms with Gasteiger partial charge in [0.25, 0.3) is 0 Å². The molecule has 3 aromatic carbocycles. The predicted octanol–water partition coefficient (Wildman–Crippen LogP) is 7.15. The van der Waals surface area contributed by atoms with Crippen LogP contribution in [0, 0.1) is 6.92 Å². The fraction of sp³-hybridized carbons (Fsp3) is 0.125. The van der Waals surface area contributed by atoms with E-state index in [2.05, 4.69) is 39.9 Å². The third-order valence-corrected chi connectivity index (χ3v) is 6.71. The maximum atomic E-state index is 12.4. The Morgan fingerprint density at radius 3 is 2.53 bits per heavy atom. The number of carbonyl (C=O) groups excluding carboxylic acids is 1. The third-order valence-electron chi connectivity index (χ3n) is 4.96. The molecule has 0 aliphatic carbocycles. The van der Waals surface area contributed by atoms with Gasteiger partial charge in [-0.15, -0.1) is 10.2 Å². The number of anilines is 1. The number of rotatable bonds is 7. The summed E-state index contributed by atoms with van der Waals surface area (Å²) in [5.74, 6) is 1.23. The Morgan fingerprint density at radius 2 is 1.76 bits per heavy atom. The minimum atomic E-state index is -0.395. The molecular formula is C24H20Cl3N5OS. The number of nitrogens with one attached hydrogen (secondary N) is 2. The van der Waals surface area contributed by atoms with Gasteiger partial charge in [-0.05, 0) is 54.4 Å². The maximum absolute atomic E-state index is 12.4. The van der Waals surface area contributed by atoms with E-state index in [0.717, 1.165) is 0 Å². The van der Waals surface area contributed by atoms with E-state index in [1.54, 1.807) is 42.5 Å². The van der Waals surface area contributed by atoms with Gasteiger partial charge in [-0.3, -0.25) is 4.57 Å². The van der Waals surface area contributed by atoms with Gasteiger partial charge in [0.1, 0.15) is 0 Å². The van der Waals surface area contributed by atoms with E-state index < -0.39 is 6.03 Å². The Kier molecular flexibility index (Phi) is 8.00. The molecule has 4 aromatic rings. The lowest BCUT2D eigenvalue weighted by atomic mass is 10.1. The first kappa shape index (κ1) is 24.4. The molecule has 0 unspecified atom stereocenters. The monoisotopic (exact) mass is 531 g/mol. The Morgan fingerprint density at radius 1 is 0.971 bits per heavy atom. The number of aromatic nitrogens is 3. The van der Waals surface area contributed by atoms with Crippen LogP contribution in [0.15, 0.2) is 71.9 Å². The molecular weight excluding hydrogens is 513 g/mol. The first-order valence-electron chi connectivity index (χ1n) is 10.3. The van der Waals surface area contributed by atoms with Gasteiger partial charge in [0.2, 0.25) is 0 Å². The molecule has 174 valence electrons. The normalized spacial score (nSPS) is 10.8. The van der Waals surface area contributed by atoms with E-state index in [0.29, 0.717) is 43.2 Å². The molecule has 1 aromatic heterocycles. The number of aryl methyl sites for hydroxylation is 1. The zero-order valence-corrected chi connectivity index (χ0v) is 21.1. The van der Waals surface area contributed by atoms with Crippen LogP contribution in [0.3, 0.4) is 0 Å². The summed E-state index contributed by atoms with van der Waals surface area (Å²) in [7, 11) is 0. The Labute approximate surface area is 216 Å². The van der Waals surface area contributed by atoms with Crippen molar-refractivity contribution >= 4 is 58.3 Å². The number of hydrogen-bond acceptors (Lipinski definition) is 4. The lowest BCUT2D eigenvalue weighted by molar-refractivity contribution is 0.251. The average molecular weight is 533 g/mol. The van der Waals surface area contributed by atoms with Crippen molar-refractivity contribution in [2.45, 2.75) is 24.4 Å². The van der Waals surface area contributed by atoms with Crippen LogP contribution >= 0.6 is 46.6 Å². The lowest BCUT2D eigenvalue weighted by Crippen LogP contribution is -2.29. The van der Waals surface area contributed by atoms with Crippen molar-refractivity contribution in [3.05, 3.63) is 98.7 Å². The largest absolute Gasteiger partial charge is 0.331 e. The second-order valence-corrected chi connectivity index (χ2v) is 9.59. The Balaban J connectivity index is 1.56. The molecule has 0 saturated carbocycles. The highest BCUT2D eigenvalue weighted by Crippen LogP contribution is 2.31. The van der Waals surface area contributed by atoms with Crippen LogP contribution in [0.2, 0.25) is 15.1 Å². The summed E-state index contributed by atoms with van der Waals surface area (Å²) >= 11 is 20.1. The standard InChI is InChI=1S/C24H20Cl3N5OS/c1-15-5-2-3-6-16(15)14-34-24-31-30-22(32(24)21-10-9-18(26)12-20(21)27)13-28-23(33)29-19-8-4-7-17(25)11-19/h2-12H,13-14H2,1H3,(H2,28,29,33). The maximum Gasteiger partial charge on any atom is 0.319 e. The van der Waals surface area contributed by atoms with Gasteiger partial charge in [-0.1, -0.05) is 76.9 Å². The molecule has 0 radical (unpaired) electrons. The Bertz CT molecular complexity index is 1330. The average Bonchev–Trinajstić information content (AvgIpc) is 3.20. The number of carbonyl (C=O) groups is 1. The molecule has 0 aliphatic heterocycles. The summed E-state index contributed by atoms with van der Waals surface area (Å²) in [6, 6.07) is 19.9. The molecule has 0 spiro atoms. The number of thioether (sulfide) groups is 1. The number of benzene rings is 3. The third kappa shape index (κ3) is 6.04. The molecule has 4 rings (SSSR count). The molecule has 0 bridgehead atoms. The molecule has 34 heavy (non-hydrogen) atoms. The predicted molar refractivity (Wildman–Crippen MR) is 139 cm³/mol. The lowest BCUT2D eigenvalue weighted by Gasteiger charge is -2.13. The molecule has 6 nitrogen and oxygen atoms in total. The first-order chi connectivity index (χ1) is 16.4. The first-order valence-corrected chi connectivity index (χ1v) is 12.4. The van der Waals surface area contributed by atoms with Crippen molar-refractivity contribution in [2.24, 2.45) is 0 Å². The summed E-state index contributed by atoms with van der Waals surface area (Å²) in [4.78, 5) is 12.4. The van der Waals surface area contributed by atoms with Crippen LogP contribution < -0.4 is 10.6 Å². The van der Waals surface area contributed by atoms with Crippen LogP contribution in [-0.4, -0.2) is 20.8 Å². The van der Waals surface area contributed by atoms with Crippen molar-refractivity contribution in [3.63, 3.8) is 0 Å². The Hall–Kier alpha value is -2.71. The van der Waals surface area contributed by atoms with Gasteiger partial charge in [-0.2, -0.15) is 0 Å². The van der Waals surface area contributed by atoms with Crippen molar-refractivity contribution in [1.29, 1.82) is 0 Å². The second kappa shape index (κ2) is 11.1. The summed E-state index contributed by atoms with van der Waals surface area (Å²) < 4.78 is 1.83. The quantitative estimate of drug-likeness (QED) is 0.248. The molecule has 0 saturated heterocycles. The fourth-order valence-electron chi connectivity index (χ4n) is 3.23. The van der Waals surface area contributed by atoms with Crippen molar-refractivity contribution < 1.29 is 4.79 Å². The van der Waals surface area contributed by atoms with E-state index >= 15 is 0 Å². The smallest absolute Gasteiger partial charge is 0.319 e. The number of urea groups is 1. The summed E-state index contributed by atoms with van der Waals surface area (Å²) in [6.07, 6.45) is 0. The number of amides is 2. The van der Waals surface area contributed by atoms with E-state index in [-0.39, 0.29) is 6.54 Å². The molecule has 1 heterocycles. The summed E-state index contributed by atoms with van der Waals surface area (Å²) in [5.41, 5.74) is 3.66. The van der Waals surface area contributed by atoms with Gasteiger partial charge < -0.3 is 10.6 Å². The van der Waals surface area contributed by atoms with Crippen LogP contribution in [0.25, 0.3) is 5.69 Å². The highest BCUT2D eigenvalue weighted by Gasteiger charge is 2.18. The van der Waals surface area contributed by atoms with E-state index in [4.69, 9.17) is 34.8 Å². The number of nitrogens with zero attached hydrogens (tertiary/aromatic N) is 3. The van der Waals surface area contributed by atoms with Crippen LogP contribution in [0.1, 0.15) is 17.0 Å². The zero-order chi connectivity index (χ0) is 24.1. The molecule has 2 amide bonds. The fourth-order valence-corrected chi connectivity index (χ4v) is 4.95. The van der Waals surface area contributed by atoms with Gasteiger partial charge in [0.15, 0.2) is 11.0 Å². The van der Waals surface area contributed by atoms with Crippen molar-refractivity contribution in [2.75, 3.05) is 5.32 Å². The molecule has 0 aliphatic rings. The molecule has 2 N–H and O–H groups in total. The summed E-state index contributed by atoms with van der Waals surface area (Å²) in [6.45, 7) is 2.20. The van der Waals surface area contributed by atoms with Crippen LogP contribution in [0.4, 0.5) is 10.5 Å². The van der Waals surface area contributed by atoms with E-state index in [1.807, 2.05) is 16.7 Å². The number of hydrogen-bond donors (Lipinski definition) is 2. The minimum absolute atomic E-state index is 0.128. The SMILES string of the molecule is Cc1ccccc1CSc1nnc(CNC(=O)Nc2cccc(Cl)c2)n1-c1ccc(Cl)cc1Cl. The zero-order valence-electron chi connectivity index (χ0n) is 18.1. The molecule has 10 heteroatoms. The van der Waals surface area contributed by atoms with Gasteiger partial charge in [0.05, 0.1) is 17.3 Å². The van der Waals surface area contributed by atoms with Crippen molar-refractivity contribution in [1.82, 2.24) is 20.1 Å². The minimum Gasteiger partial charge on any atom is -0.331 e. The van der Waals surface area contributed by atoms with Crippen LogP contribution in [-0.2, 0) is 12.3 Å². The highest BCUT2D eigenvalue weighted by atomic mass is 35.5. The van der Waals surface area contributed by atoms with Gasteiger partial charge in [-0.25, -0.2) is 4.79 Å². The second-order valence-electron chi connectivity index (χ2n) is 7.36. The van der Waals surface area contributed by atoms with E-state index in [1.165, 1.54) is 22.9 Å². The number of halogens is 3.